The Kier molecular flexibility index (Phi) is 15.9. The van der Waals surface area contributed by atoms with Gasteiger partial charge in [-0.25, -0.2) is 0 Å². The predicted octanol–water partition coefficient (Wildman–Crippen LogP) is 12.6. The predicted molar refractivity (Wildman–Crippen MR) is 222 cm³/mol. The first-order chi connectivity index (χ1) is 25.6. The average Bonchev–Trinajstić information content (AvgIpc) is 3.09. The molecule has 0 unspecified atom stereocenters. The van der Waals surface area contributed by atoms with Crippen molar-refractivity contribution in [3.63, 3.8) is 0 Å². The van der Waals surface area contributed by atoms with Crippen LogP contribution in [0.1, 0.15) is 172 Å². The van der Waals surface area contributed by atoms with Crippen LogP contribution in [0.15, 0.2) is 36.4 Å². The van der Waals surface area contributed by atoms with Gasteiger partial charge < -0.3 is 28.4 Å². The molecule has 0 atom stereocenters. The van der Waals surface area contributed by atoms with Crippen molar-refractivity contribution >= 4 is 0 Å². The van der Waals surface area contributed by atoms with Gasteiger partial charge in [-0.15, -0.1) is 0 Å². The first-order valence-electron chi connectivity index (χ1n) is 20.7. The maximum atomic E-state index is 6.67. The van der Waals surface area contributed by atoms with E-state index in [-0.39, 0.29) is 16.2 Å². The molecule has 0 saturated heterocycles. The molecular weight excluding hydrogens is 673 g/mol. The molecular formula is C48H72O6. The van der Waals surface area contributed by atoms with Gasteiger partial charge in [-0.1, -0.05) is 102 Å². The van der Waals surface area contributed by atoms with E-state index in [0.29, 0.717) is 59.5 Å². The first-order valence-corrected chi connectivity index (χ1v) is 20.7. The fourth-order valence-corrected chi connectivity index (χ4v) is 6.53. The third kappa shape index (κ3) is 12.2. The normalized spacial score (nSPS) is 14.7. The lowest BCUT2D eigenvalue weighted by molar-refractivity contribution is 0.0900. The van der Waals surface area contributed by atoms with Crippen LogP contribution in [0.3, 0.4) is 0 Å². The largest absolute Gasteiger partial charge is 0.493 e. The molecule has 3 aromatic rings. The van der Waals surface area contributed by atoms with Gasteiger partial charge >= 0.3 is 0 Å². The number of fused-ring (bicyclic) bond motifs is 6. The maximum Gasteiger partial charge on any atom is 0.130 e. The first kappa shape index (κ1) is 43.7. The standard InChI is InChI=1S/C48H72O6/c1-13-16-19-52-43-34-22-40(46(4,5)6)23-35(43)29-50-31-37-25-42(48(10,11)12)27-39(45(37)54-21-18-15-3)33-51-32-38-26-41(47(7,8)9)24-36(30-49-28-34)44(38)53-20-17-14-2/h22-27H,13-21,28-33H2,1-12H3. The highest BCUT2D eigenvalue weighted by Gasteiger charge is 2.25. The lowest BCUT2D eigenvalue weighted by Gasteiger charge is -2.26. The number of benzene rings is 3. The highest BCUT2D eigenvalue weighted by Crippen LogP contribution is 2.38. The van der Waals surface area contributed by atoms with Crippen molar-refractivity contribution in [2.45, 2.75) is 177 Å². The van der Waals surface area contributed by atoms with Crippen molar-refractivity contribution in [1.29, 1.82) is 0 Å². The van der Waals surface area contributed by atoms with Gasteiger partial charge in [-0.2, -0.15) is 0 Å². The molecule has 0 amide bonds. The van der Waals surface area contributed by atoms with Crippen molar-refractivity contribution < 1.29 is 28.4 Å². The van der Waals surface area contributed by atoms with Crippen LogP contribution in [0.25, 0.3) is 0 Å². The van der Waals surface area contributed by atoms with Gasteiger partial charge in [0.2, 0.25) is 0 Å². The third-order valence-electron chi connectivity index (χ3n) is 10.1. The highest BCUT2D eigenvalue weighted by atomic mass is 16.5. The topological polar surface area (TPSA) is 55.4 Å². The molecule has 1 aliphatic rings. The van der Waals surface area contributed by atoms with Crippen molar-refractivity contribution in [2.75, 3.05) is 19.8 Å². The van der Waals surface area contributed by atoms with E-state index in [2.05, 4.69) is 119 Å². The Morgan fingerprint density at radius 2 is 0.593 bits per heavy atom. The fourth-order valence-electron chi connectivity index (χ4n) is 6.53. The van der Waals surface area contributed by atoms with Crippen molar-refractivity contribution in [1.82, 2.24) is 0 Å². The summed E-state index contributed by atoms with van der Waals surface area (Å²) in [6.45, 7) is 31.3. The van der Waals surface area contributed by atoms with Crippen LogP contribution in [0.5, 0.6) is 17.2 Å². The summed E-state index contributed by atoms with van der Waals surface area (Å²) in [6, 6.07) is 13.6. The highest BCUT2D eigenvalue weighted by molar-refractivity contribution is 5.49. The Balaban J connectivity index is 1.94. The Morgan fingerprint density at radius 1 is 0.389 bits per heavy atom. The van der Waals surface area contributed by atoms with Gasteiger partial charge in [0, 0.05) is 33.4 Å². The molecule has 0 aliphatic carbocycles. The zero-order valence-corrected chi connectivity index (χ0v) is 36.0. The summed E-state index contributed by atoms with van der Waals surface area (Å²) in [5, 5.41) is 0. The Labute approximate surface area is 328 Å². The van der Waals surface area contributed by atoms with Gasteiger partial charge in [0.15, 0.2) is 0 Å². The van der Waals surface area contributed by atoms with E-state index in [1.165, 1.54) is 16.7 Å². The van der Waals surface area contributed by atoms with Crippen molar-refractivity contribution in [2.24, 2.45) is 0 Å². The van der Waals surface area contributed by atoms with E-state index in [4.69, 9.17) is 28.4 Å². The summed E-state index contributed by atoms with van der Waals surface area (Å²) in [4.78, 5) is 0. The Bertz CT molecular complexity index is 1370. The number of hydrogen-bond donors (Lipinski definition) is 0. The van der Waals surface area contributed by atoms with Crippen LogP contribution >= 0.6 is 0 Å². The molecule has 1 aliphatic heterocycles. The van der Waals surface area contributed by atoms with Crippen LogP contribution in [0.4, 0.5) is 0 Å². The lowest BCUT2D eigenvalue weighted by Crippen LogP contribution is -2.16. The zero-order chi connectivity index (χ0) is 39.5. The second-order valence-corrected chi connectivity index (χ2v) is 18.2. The van der Waals surface area contributed by atoms with Crippen LogP contribution in [0.2, 0.25) is 0 Å². The minimum Gasteiger partial charge on any atom is -0.493 e. The maximum absolute atomic E-state index is 6.67. The number of ether oxygens (including phenoxy) is 6. The molecule has 3 aromatic carbocycles. The second-order valence-electron chi connectivity index (χ2n) is 18.2. The molecule has 0 radical (unpaired) electrons. The van der Waals surface area contributed by atoms with Crippen LogP contribution in [-0.2, 0) is 70.1 Å². The van der Waals surface area contributed by atoms with Crippen LogP contribution < -0.4 is 14.2 Å². The Hall–Kier alpha value is -3.06. The van der Waals surface area contributed by atoms with Gasteiger partial charge in [0.05, 0.1) is 59.5 Å². The summed E-state index contributed by atoms with van der Waals surface area (Å²) in [7, 11) is 0. The molecule has 6 heteroatoms. The van der Waals surface area contributed by atoms with Crippen LogP contribution in [-0.4, -0.2) is 19.8 Å². The average molecular weight is 745 g/mol. The molecule has 0 N–H and O–H groups in total. The molecule has 4 rings (SSSR count). The summed E-state index contributed by atoms with van der Waals surface area (Å²) >= 11 is 0. The second kappa shape index (κ2) is 19.7. The van der Waals surface area contributed by atoms with E-state index in [1.54, 1.807) is 0 Å². The van der Waals surface area contributed by atoms with Gasteiger partial charge in [-0.05, 0) is 88.6 Å². The lowest BCUT2D eigenvalue weighted by atomic mass is 9.84. The van der Waals surface area contributed by atoms with Gasteiger partial charge in [0.1, 0.15) is 17.2 Å². The molecule has 54 heavy (non-hydrogen) atoms. The Morgan fingerprint density at radius 3 is 0.759 bits per heavy atom. The van der Waals surface area contributed by atoms with E-state index >= 15 is 0 Å². The summed E-state index contributed by atoms with van der Waals surface area (Å²) in [5.74, 6) is 2.62. The monoisotopic (exact) mass is 745 g/mol. The molecule has 6 nitrogen and oxygen atoms in total. The number of hydrogen-bond acceptors (Lipinski definition) is 6. The summed E-state index contributed by atoms with van der Waals surface area (Å²) in [6.07, 6.45) is 6.11. The van der Waals surface area contributed by atoms with E-state index in [0.717, 1.165) is 89.2 Å². The van der Waals surface area contributed by atoms with Gasteiger partial charge in [-0.3, -0.25) is 0 Å². The SMILES string of the molecule is CCCCOc1c2cc(C(C)(C)C)cc1COCc1cc(C(C)(C)C)cc(c1OCCCC)COCc1cc(C(C)(C)C)cc(c1OCCCC)COC2. The van der Waals surface area contributed by atoms with E-state index in [1.807, 2.05) is 0 Å². The van der Waals surface area contributed by atoms with E-state index in [9.17, 15) is 0 Å². The molecule has 6 bridgehead atoms. The van der Waals surface area contributed by atoms with Crippen molar-refractivity contribution in [3.8, 4) is 17.2 Å². The quantitative estimate of drug-likeness (QED) is 0.172. The summed E-state index contributed by atoms with van der Waals surface area (Å²) < 4.78 is 39.9. The number of rotatable bonds is 12. The van der Waals surface area contributed by atoms with Crippen molar-refractivity contribution in [3.05, 3.63) is 86.5 Å². The molecule has 0 saturated carbocycles. The smallest absolute Gasteiger partial charge is 0.130 e. The molecule has 0 fully saturated rings. The molecule has 0 aromatic heterocycles. The minimum absolute atomic E-state index is 0.0745. The molecule has 0 spiro atoms. The fraction of sp³-hybridized carbons (Fsp3) is 0.625. The zero-order valence-electron chi connectivity index (χ0n) is 36.0. The molecule has 300 valence electrons. The van der Waals surface area contributed by atoms with Gasteiger partial charge in [0.25, 0.3) is 0 Å². The van der Waals surface area contributed by atoms with Crippen LogP contribution in [0, 0.1) is 0 Å². The molecule has 1 heterocycles. The minimum atomic E-state index is -0.0745. The third-order valence-corrected chi connectivity index (χ3v) is 10.1. The number of unbranched alkanes of at least 4 members (excludes halogenated alkanes) is 3. The summed E-state index contributed by atoms with van der Waals surface area (Å²) in [5.41, 5.74) is 9.74. The van der Waals surface area contributed by atoms with E-state index < -0.39 is 0 Å².